The fraction of sp³-hybridized carbons (Fsp3) is 0.667. The van der Waals surface area contributed by atoms with E-state index in [0.717, 1.165) is 29.1 Å². The van der Waals surface area contributed by atoms with Crippen LogP contribution in [0.4, 0.5) is 0 Å². The zero-order valence-electron chi connectivity index (χ0n) is 15.3. The number of methoxy groups -OCH3 is 1. The average molecular weight is 343 g/mol. The average Bonchev–Trinajstić information content (AvgIpc) is 2.58. The normalized spacial score (nSPS) is 32.6. The molecule has 4 aliphatic rings. The molecule has 136 valence electrons. The minimum Gasteiger partial charge on any atom is -0.496 e. The molecule has 1 amide bonds. The largest absolute Gasteiger partial charge is 0.496 e. The van der Waals surface area contributed by atoms with Crippen molar-refractivity contribution in [3.63, 3.8) is 0 Å². The van der Waals surface area contributed by atoms with Crippen LogP contribution in [0.5, 0.6) is 5.75 Å². The number of hydrogen-bond donors (Lipinski definition) is 1. The molecule has 0 spiro atoms. The first-order valence-corrected chi connectivity index (χ1v) is 9.68. The summed E-state index contributed by atoms with van der Waals surface area (Å²) in [4.78, 5) is 13.0. The Kier molecular flexibility index (Phi) is 4.48. The Morgan fingerprint density at radius 3 is 2.36 bits per heavy atom. The lowest BCUT2D eigenvalue weighted by molar-refractivity contribution is -0.0167. The maximum absolute atomic E-state index is 13.0. The summed E-state index contributed by atoms with van der Waals surface area (Å²) in [5.74, 6) is 3.32. The molecule has 0 aromatic heterocycles. The second kappa shape index (κ2) is 6.64. The topological polar surface area (TPSA) is 47.6 Å². The molecule has 0 aliphatic heterocycles. The summed E-state index contributed by atoms with van der Waals surface area (Å²) < 4.78 is 10.9. The molecule has 1 N–H and O–H groups in total. The van der Waals surface area contributed by atoms with Gasteiger partial charge in [0.05, 0.1) is 13.7 Å². The maximum Gasteiger partial charge on any atom is 0.251 e. The van der Waals surface area contributed by atoms with Gasteiger partial charge in [0.25, 0.3) is 5.91 Å². The fourth-order valence-electron chi connectivity index (χ4n) is 5.82. The predicted molar refractivity (Wildman–Crippen MR) is 96.7 cm³/mol. The molecule has 0 atom stereocenters. The summed E-state index contributed by atoms with van der Waals surface area (Å²) in [6, 6.07) is 5.66. The molecule has 4 fully saturated rings. The van der Waals surface area contributed by atoms with E-state index in [9.17, 15) is 4.79 Å². The summed E-state index contributed by atoms with van der Waals surface area (Å²) in [6.07, 6.45) is 7.68. The van der Waals surface area contributed by atoms with E-state index in [1.54, 1.807) is 7.11 Å². The van der Waals surface area contributed by atoms with Crippen LogP contribution in [0.3, 0.4) is 0 Å². The van der Waals surface area contributed by atoms with Crippen molar-refractivity contribution in [1.82, 2.24) is 5.32 Å². The molecule has 0 saturated heterocycles. The van der Waals surface area contributed by atoms with Crippen LogP contribution in [0.2, 0.25) is 0 Å². The van der Waals surface area contributed by atoms with E-state index in [4.69, 9.17) is 9.47 Å². The molecule has 1 aromatic carbocycles. The van der Waals surface area contributed by atoms with Gasteiger partial charge in [-0.1, -0.05) is 0 Å². The zero-order valence-corrected chi connectivity index (χ0v) is 15.3. The summed E-state index contributed by atoms with van der Waals surface area (Å²) in [5, 5.41) is 3.44. The van der Waals surface area contributed by atoms with Crippen LogP contribution in [0, 0.1) is 17.8 Å². The first-order valence-electron chi connectivity index (χ1n) is 9.68. The van der Waals surface area contributed by atoms with Gasteiger partial charge in [-0.3, -0.25) is 4.79 Å². The molecule has 25 heavy (non-hydrogen) atoms. The second-order valence-electron chi connectivity index (χ2n) is 8.32. The maximum atomic E-state index is 13.0. The molecule has 0 heterocycles. The number of carbonyl (C=O) groups is 1. The molecular formula is C21H29NO3. The summed E-state index contributed by atoms with van der Waals surface area (Å²) in [6.45, 7) is 3.08. The van der Waals surface area contributed by atoms with Crippen LogP contribution in [0.25, 0.3) is 0 Å². The van der Waals surface area contributed by atoms with Crippen molar-refractivity contribution in [2.45, 2.75) is 57.6 Å². The Morgan fingerprint density at radius 1 is 1.16 bits per heavy atom. The number of hydrogen-bond acceptors (Lipinski definition) is 3. The van der Waals surface area contributed by atoms with Crippen LogP contribution in [-0.2, 0) is 11.3 Å². The first kappa shape index (κ1) is 16.9. The molecule has 1 aromatic rings. The van der Waals surface area contributed by atoms with Crippen LogP contribution in [0.1, 0.15) is 61.4 Å². The molecule has 0 radical (unpaired) electrons. The highest BCUT2D eigenvalue weighted by molar-refractivity contribution is 5.95. The van der Waals surface area contributed by atoms with Crippen molar-refractivity contribution in [2.75, 3.05) is 13.7 Å². The van der Waals surface area contributed by atoms with Crippen molar-refractivity contribution in [1.29, 1.82) is 0 Å². The molecule has 0 unspecified atom stereocenters. The SMILES string of the molecule is CCOCc1cc(C(=O)NC23CC4CC(CC(C4)C2)C3)ccc1OC. The van der Waals surface area contributed by atoms with Crippen molar-refractivity contribution < 1.29 is 14.3 Å². The van der Waals surface area contributed by atoms with E-state index in [-0.39, 0.29) is 11.4 Å². The molecule has 4 aliphatic carbocycles. The van der Waals surface area contributed by atoms with Crippen LogP contribution >= 0.6 is 0 Å². The van der Waals surface area contributed by atoms with E-state index in [1.165, 1.54) is 38.5 Å². The van der Waals surface area contributed by atoms with E-state index in [1.807, 2.05) is 25.1 Å². The molecule has 4 heteroatoms. The first-order chi connectivity index (χ1) is 12.1. The summed E-state index contributed by atoms with van der Waals surface area (Å²) >= 11 is 0. The highest BCUT2D eigenvalue weighted by Gasteiger charge is 2.51. The number of rotatable bonds is 6. The minimum atomic E-state index is 0.0475. The molecular weight excluding hydrogens is 314 g/mol. The van der Waals surface area contributed by atoms with Crippen molar-refractivity contribution >= 4 is 5.91 Å². The van der Waals surface area contributed by atoms with Crippen molar-refractivity contribution in [3.8, 4) is 5.75 Å². The Bertz CT molecular complexity index is 619. The van der Waals surface area contributed by atoms with Gasteiger partial charge in [-0.15, -0.1) is 0 Å². The van der Waals surface area contributed by atoms with Crippen LogP contribution in [0.15, 0.2) is 18.2 Å². The van der Waals surface area contributed by atoms with Gasteiger partial charge in [0.2, 0.25) is 0 Å². The van der Waals surface area contributed by atoms with Gasteiger partial charge >= 0.3 is 0 Å². The number of amides is 1. The van der Waals surface area contributed by atoms with Crippen molar-refractivity contribution in [2.24, 2.45) is 17.8 Å². The lowest BCUT2D eigenvalue weighted by Gasteiger charge is -2.56. The predicted octanol–water partition coefficient (Wildman–Crippen LogP) is 3.93. The highest BCUT2D eigenvalue weighted by Crippen LogP contribution is 2.55. The Hall–Kier alpha value is -1.55. The van der Waals surface area contributed by atoms with Gasteiger partial charge in [0.1, 0.15) is 5.75 Å². The van der Waals surface area contributed by atoms with Gasteiger partial charge in [-0.2, -0.15) is 0 Å². The van der Waals surface area contributed by atoms with E-state index in [2.05, 4.69) is 5.32 Å². The van der Waals surface area contributed by atoms with Gasteiger partial charge in [-0.25, -0.2) is 0 Å². The van der Waals surface area contributed by atoms with Gasteiger partial charge < -0.3 is 14.8 Å². The number of benzene rings is 1. The lowest BCUT2D eigenvalue weighted by Crippen LogP contribution is -2.59. The van der Waals surface area contributed by atoms with Crippen molar-refractivity contribution in [3.05, 3.63) is 29.3 Å². The van der Waals surface area contributed by atoms with Crippen LogP contribution < -0.4 is 10.1 Å². The van der Waals surface area contributed by atoms with E-state index >= 15 is 0 Å². The third kappa shape index (κ3) is 3.29. The Balaban J connectivity index is 1.51. The number of carbonyl (C=O) groups excluding carboxylic acids is 1. The third-order valence-corrected chi connectivity index (χ3v) is 6.42. The molecule has 4 bridgehead atoms. The second-order valence-corrected chi connectivity index (χ2v) is 8.32. The molecule has 5 rings (SSSR count). The fourth-order valence-corrected chi connectivity index (χ4v) is 5.82. The van der Waals surface area contributed by atoms with Gasteiger partial charge in [-0.05, 0) is 81.4 Å². The van der Waals surface area contributed by atoms with E-state index < -0.39 is 0 Å². The smallest absolute Gasteiger partial charge is 0.251 e. The van der Waals surface area contributed by atoms with Gasteiger partial charge in [0, 0.05) is 23.3 Å². The number of ether oxygens (including phenoxy) is 2. The van der Waals surface area contributed by atoms with E-state index in [0.29, 0.717) is 18.8 Å². The standard InChI is InChI=1S/C21H29NO3/c1-3-25-13-18-9-17(4-5-19(18)24-2)20(23)22-21-10-14-6-15(11-21)8-16(7-14)12-21/h4-5,9,14-16H,3,6-8,10-13H2,1-2H3,(H,22,23). The quantitative estimate of drug-likeness (QED) is 0.851. The number of nitrogens with one attached hydrogen (secondary N) is 1. The van der Waals surface area contributed by atoms with Crippen LogP contribution in [-0.4, -0.2) is 25.2 Å². The molecule has 4 nitrogen and oxygen atoms in total. The lowest BCUT2D eigenvalue weighted by atomic mass is 9.53. The summed E-state index contributed by atoms with van der Waals surface area (Å²) in [7, 11) is 1.65. The molecule has 4 saturated carbocycles. The Morgan fingerprint density at radius 2 is 1.80 bits per heavy atom. The Labute approximate surface area is 150 Å². The third-order valence-electron chi connectivity index (χ3n) is 6.42. The highest BCUT2D eigenvalue weighted by atomic mass is 16.5. The monoisotopic (exact) mass is 343 g/mol. The summed E-state index contributed by atoms with van der Waals surface area (Å²) in [5.41, 5.74) is 1.69. The zero-order chi connectivity index (χ0) is 17.4. The van der Waals surface area contributed by atoms with Gasteiger partial charge in [0.15, 0.2) is 0 Å². The minimum absolute atomic E-state index is 0.0475.